The molecule has 1 atom stereocenters. The molecule has 1 aromatic carbocycles. The monoisotopic (exact) mass is 325 g/mol. The van der Waals surface area contributed by atoms with Crippen LogP contribution in [-0.4, -0.2) is 22.9 Å². The highest BCUT2D eigenvalue weighted by Crippen LogP contribution is 2.32. The molecular formula is C20H23NO3. The third kappa shape index (κ3) is 3.14. The van der Waals surface area contributed by atoms with E-state index in [2.05, 4.69) is 6.92 Å². The van der Waals surface area contributed by atoms with Gasteiger partial charge in [-0.05, 0) is 31.9 Å². The molecule has 0 aliphatic carbocycles. The zero-order valence-electron chi connectivity index (χ0n) is 14.2. The Morgan fingerprint density at radius 3 is 2.62 bits per heavy atom. The lowest BCUT2D eigenvalue weighted by Crippen LogP contribution is -2.14. The fraction of sp³-hybridized carbons (Fsp3) is 0.400. The summed E-state index contributed by atoms with van der Waals surface area (Å²) in [6.07, 6.45) is 2.59. The molecule has 2 aromatic rings. The molecule has 126 valence electrons. The molecule has 0 bridgehead atoms. The number of benzene rings is 1. The van der Waals surface area contributed by atoms with Gasteiger partial charge in [-0.3, -0.25) is 9.59 Å². The van der Waals surface area contributed by atoms with Crippen LogP contribution < -0.4 is 0 Å². The first-order chi connectivity index (χ1) is 11.6. The van der Waals surface area contributed by atoms with Gasteiger partial charge in [-0.25, -0.2) is 0 Å². The molecule has 0 spiro atoms. The molecule has 3 rings (SSSR count). The average molecular weight is 325 g/mol. The number of nitrogens with zero attached hydrogens (tertiary/aromatic N) is 1. The van der Waals surface area contributed by atoms with E-state index in [9.17, 15) is 9.59 Å². The van der Waals surface area contributed by atoms with Crippen molar-refractivity contribution in [2.24, 2.45) is 0 Å². The van der Waals surface area contributed by atoms with E-state index >= 15 is 0 Å². The number of aromatic nitrogens is 1. The van der Waals surface area contributed by atoms with Gasteiger partial charge in [0.1, 0.15) is 0 Å². The number of hydrogen-bond donors (Lipinski definition) is 0. The number of ketones is 1. The van der Waals surface area contributed by atoms with E-state index in [1.165, 1.54) is 0 Å². The van der Waals surface area contributed by atoms with Crippen LogP contribution in [0.25, 0.3) is 0 Å². The number of rotatable bonds is 6. The van der Waals surface area contributed by atoms with Gasteiger partial charge in [0.15, 0.2) is 0 Å². The molecule has 0 radical (unpaired) electrons. The van der Waals surface area contributed by atoms with E-state index in [-0.39, 0.29) is 17.7 Å². The average Bonchev–Trinajstić information content (AvgIpc) is 3.16. The number of carbonyl (C=O) groups is 2. The predicted molar refractivity (Wildman–Crippen MR) is 92.3 cm³/mol. The van der Waals surface area contributed by atoms with Crippen LogP contribution in [0.15, 0.2) is 36.4 Å². The highest BCUT2D eigenvalue weighted by atomic mass is 16.5. The van der Waals surface area contributed by atoms with Crippen LogP contribution in [-0.2, 0) is 16.1 Å². The van der Waals surface area contributed by atoms with Gasteiger partial charge in [-0.15, -0.1) is 0 Å². The summed E-state index contributed by atoms with van der Waals surface area (Å²) in [6.45, 7) is 5.22. The summed E-state index contributed by atoms with van der Waals surface area (Å²) >= 11 is 0. The molecule has 4 nitrogen and oxygen atoms in total. The van der Waals surface area contributed by atoms with Crippen molar-refractivity contribution in [2.75, 3.05) is 6.61 Å². The van der Waals surface area contributed by atoms with Gasteiger partial charge in [0, 0.05) is 17.8 Å². The number of ether oxygens (including phenoxy) is 1. The number of aryl methyl sites for hydroxylation is 1. The van der Waals surface area contributed by atoms with Crippen LogP contribution in [0.5, 0.6) is 0 Å². The molecule has 0 saturated heterocycles. The zero-order valence-corrected chi connectivity index (χ0v) is 14.2. The maximum atomic E-state index is 12.7. The third-order valence-corrected chi connectivity index (χ3v) is 4.59. The van der Waals surface area contributed by atoms with Crippen molar-refractivity contribution >= 4 is 11.8 Å². The summed E-state index contributed by atoms with van der Waals surface area (Å²) in [5.41, 5.74) is 3.35. The normalized spacial score (nSPS) is 16.0. The van der Waals surface area contributed by atoms with Gasteiger partial charge >= 0.3 is 5.97 Å². The van der Waals surface area contributed by atoms with E-state index in [1.807, 2.05) is 47.9 Å². The van der Waals surface area contributed by atoms with Gasteiger partial charge < -0.3 is 9.30 Å². The van der Waals surface area contributed by atoms with Crippen molar-refractivity contribution in [2.45, 2.75) is 45.6 Å². The number of carbonyl (C=O) groups excluding carboxylic acids is 2. The predicted octanol–water partition coefficient (Wildman–Crippen LogP) is 3.86. The molecule has 2 heterocycles. The van der Waals surface area contributed by atoms with Crippen molar-refractivity contribution < 1.29 is 14.3 Å². The van der Waals surface area contributed by atoms with Gasteiger partial charge in [-0.2, -0.15) is 0 Å². The van der Waals surface area contributed by atoms with Crippen molar-refractivity contribution in [3.05, 3.63) is 58.9 Å². The Morgan fingerprint density at radius 1 is 1.17 bits per heavy atom. The zero-order chi connectivity index (χ0) is 17.1. The maximum absolute atomic E-state index is 12.7. The molecular weight excluding hydrogens is 302 g/mol. The first kappa shape index (κ1) is 16.5. The lowest BCUT2D eigenvalue weighted by Gasteiger charge is -2.09. The minimum absolute atomic E-state index is 0.00116. The minimum Gasteiger partial charge on any atom is -0.465 e. The van der Waals surface area contributed by atoms with Crippen molar-refractivity contribution in [1.29, 1.82) is 0 Å². The van der Waals surface area contributed by atoms with E-state index in [0.717, 1.165) is 24.1 Å². The molecule has 0 fully saturated rings. The third-order valence-electron chi connectivity index (χ3n) is 4.59. The number of hydrogen-bond acceptors (Lipinski definition) is 3. The van der Waals surface area contributed by atoms with Crippen LogP contribution in [0.2, 0.25) is 0 Å². The molecule has 4 heteroatoms. The molecule has 0 amide bonds. The SMILES string of the molecule is CCCCOC(=O)C1CCn2c(C(=O)c3ccc(C)cc3)ccc21. The van der Waals surface area contributed by atoms with Crippen LogP contribution >= 0.6 is 0 Å². The van der Waals surface area contributed by atoms with Crippen molar-refractivity contribution in [3.63, 3.8) is 0 Å². The van der Waals surface area contributed by atoms with E-state index in [1.54, 1.807) is 0 Å². The first-order valence-electron chi connectivity index (χ1n) is 8.59. The Kier molecular flexibility index (Phi) is 4.84. The molecule has 1 aliphatic rings. The highest BCUT2D eigenvalue weighted by molar-refractivity contribution is 6.08. The largest absolute Gasteiger partial charge is 0.465 e. The highest BCUT2D eigenvalue weighted by Gasteiger charge is 2.32. The Balaban J connectivity index is 1.78. The van der Waals surface area contributed by atoms with E-state index in [0.29, 0.717) is 30.8 Å². The van der Waals surface area contributed by atoms with Crippen molar-refractivity contribution in [3.8, 4) is 0 Å². The minimum atomic E-state index is -0.249. The Hall–Kier alpha value is -2.36. The second kappa shape index (κ2) is 7.04. The topological polar surface area (TPSA) is 48.3 Å². The van der Waals surface area contributed by atoms with Crippen LogP contribution in [0.1, 0.15) is 59.4 Å². The summed E-state index contributed by atoms with van der Waals surface area (Å²) < 4.78 is 7.32. The Labute approximate surface area is 142 Å². The van der Waals surface area contributed by atoms with Gasteiger partial charge in [-0.1, -0.05) is 43.2 Å². The molecule has 0 N–H and O–H groups in total. The van der Waals surface area contributed by atoms with E-state index < -0.39 is 0 Å². The summed E-state index contributed by atoms with van der Waals surface area (Å²) in [5, 5.41) is 0. The molecule has 1 unspecified atom stereocenters. The van der Waals surface area contributed by atoms with Crippen molar-refractivity contribution in [1.82, 2.24) is 4.57 Å². The Morgan fingerprint density at radius 2 is 1.92 bits per heavy atom. The molecule has 24 heavy (non-hydrogen) atoms. The fourth-order valence-electron chi connectivity index (χ4n) is 3.15. The molecule has 1 aliphatic heterocycles. The van der Waals surface area contributed by atoms with Gasteiger partial charge in [0.05, 0.1) is 18.2 Å². The standard InChI is InChI=1S/C20H23NO3/c1-3-4-13-24-20(23)16-11-12-21-17(16)9-10-18(21)19(22)15-7-5-14(2)6-8-15/h5-10,16H,3-4,11-13H2,1-2H3. The number of esters is 1. The van der Waals surface area contributed by atoms with Gasteiger partial charge in [0.25, 0.3) is 0 Å². The molecule has 1 aromatic heterocycles. The van der Waals surface area contributed by atoms with Crippen LogP contribution in [0, 0.1) is 6.92 Å². The summed E-state index contributed by atoms with van der Waals surface area (Å²) in [5.74, 6) is -0.419. The molecule has 0 saturated carbocycles. The lowest BCUT2D eigenvalue weighted by molar-refractivity contribution is -0.145. The van der Waals surface area contributed by atoms with Crippen LogP contribution in [0.4, 0.5) is 0 Å². The van der Waals surface area contributed by atoms with Crippen LogP contribution in [0.3, 0.4) is 0 Å². The Bertz CT molecular complexity index is 743. The second-order valence-electron chi connectivity index (χ2n) is 6.35. The van der Waals surface area contributed by atoms with E-state index in [4.69, 9.17) is 4.74 Å². The quantitative estimate of drug-likeness (QED) is 0.460. The number of unbranched alkanes of at least 4 members (excludes halogenated alkanes) is 1. The second-order valence-corrected chi connectivity index (χ2v) is 6.35. The van der Waals surface area contributed by atoms with Gasteiger partial charge in [0.2, 0.25) is 5.78 Å². The maximum Gasteiger partial charge on any atom is 0.315 e. The lowest BCUT2D eigenvalue weighted by atomic mass is 10.0. The summed E-state index contributed by atoms with van der Waals surface area (Å²) in [4.78, 5) is 25.0. The fourth-order valence-corrected chi connectivity index (χ4v) is 3.15. The smallest absolute Gasteiger partial charge is 0.315 e. The summed E-state index contributed by atoms with van der Waals surface area (Å²) in [6, 6.07) is 11.3. The first-order valence-corrected chi connectivity index (χ1v) is 8.59. The summed E-state index contributed by atoms with van der Waals surface area (Å²) in [7, 11) is 0. The number of fused-ring (bicyclic) bond motifs is 1.